The summed E-state index contributed by atoms with van der Waals surface area (Å²) >= 11 is 0. The van der Waals surface area contributed by atoms with Gasteiger partial charge in [-0.3, -0.25) is 14.4 Å². The maximum atomic E-state index is 11.5. The molecular weight excluding hydrogens is 344 g/mol. The number of hydrogen-bond acceptors (Lipinski definition) is 8. The number of carbonyl (C=O) groups excluding carboxylic acids is 4. The van der Waals surface area contributed by atoms with Crippen LogP contribution in [0.3, 0.4) is 0 Å². The van der Waals surface area contributed by atoms with E-state index >= 15 is 0 Å². The molecule has 26 heavy (non-hydrogen) atoms. The highest BCUT2D eigenvalue weighted by Gasteiger charge is 2.37. The van der Waals surface area contributed by atoms with Crippen LogP contribution in [0.2, 0.25) is 0 Å². The van der Waals surface area contributed by atoms with Gasteiger partial charge in [0.15, 0.2) is 0 Å². The lowest BCUT2D eigenvalue weighted by atomic mass is 9.89. The van der Waals surface area contributed by atoms with Crippen molar-refractivity contribution in [3.8, 4) is 0 Å². The van der Waals surface area contributed by atoms with Crippen LogP contribution in [0.5, 0.6) is 0 Å². The van der Waals surface area contributed by atoms with Crippen molar-refractivity contribution in [1.82, 2.24) is 0 Å². The first-order valence-corrected chi connectivity index (χ1v) is 8.85. The molecule has 0 bridgehead atoms. The molecule has 8 nitrogen and oxygen atoms in total. The van der Waals surface area contributed by atoms with Gasteiger partial charge in [0.2, 0.25) is 0 Å². The van der Waals surface area contributed by atoms with Gasteiger partial charge in [-0.25, -0.2) is 0 Å². The molecule has 1 saturated heterocycles. The van der Waals surface area contributed by atoms with E-state index in [1.54, 1.807) is 0 Å². The minimum atomic E-state index is -0.703. The first-order valence-electron chi connectivity index (χ1n) is 8.85. The van der Waals surface area contributed by atoms with E-state index in [2.05, 4.69) is 4.74 Å². The molecule has 148 valence electrons. The fourth-order valence-corrected chi connectivity index (χ4v) is 3.11. The van der Waals surface area contributed by atoms with Gasteiger partial charge in [-0.15, -0.1) is 0 Å². The Hall–Kier alpha value is -1.96. The Labute approximate surface area is 153 Å². The van der Waals surface area contributed by atoms with Crippen LogP contribution >= 0.6 is 0 Å². The number of hydrogen-bond donors (Lipinski definition) is 0. The Morgan fingerprint density at radius 1 is 1.19 bits per heavy atom. The number of methoxy groups -OCH3 is 1. The van der Waals surface area contributed by atoms with E-state index in [0.717, 1.165) is 12.7 Å². The normalized spacial score (nSPS) is 22.0. The molecule has 0 saturated carbocycles. The third-order valence-electron chi connectivity index (χ3n) is 4.24. The van der Waals surface area contributed by atoms with Crippen LogP contribution in [-0.4, -0.2) is 56.2 Å². The van der Waals surface area contributed by atoms with Crippen LogP contribution < -0.4 is 0 Å². The van der Waals surface area contributed by atoms with Gasteiger partial charge in [-0.05, 0) is 25.7 Å². The van der Waals surface area contributed by atoms with E-state index in [-0.39, 0.29) is 24.7 Å². The van der Waals surface area contributed by atoms with Crippen LogP contribution in [0.15, 0.2) is 0 Å². The van der Waals surface area contributed by atoms with Crippen molar-refractivity contribution in [2.24, 2.45) is 5.92 Å². The SMILES string of the molecule is COC(=O)CCCC(CC(OC(C)=O)C1OCCCC1C=O)OC(C)=O. The first kappa shape index (κ1) is 22.1. The van der Waals surface area contributed by atoms with Gasteiger partial charge < -0.3 is 23.7 Å². The van der Waals surface area contributed by atoms with Crippen LogP contribution in [0.4, 0.5) is 0 Å². The fraction of sp³-hybridized carbons (Fsp3) is 0.778. The summed E-state index contributed by atoms with van der Waals surface area (Å²) in [5.74, 6) is -1.68. The average molecular weight is 372 g/mol. The van der Waals surface area contributed by atoms with Crippen molar-refractivity contribution in [1.29, 1.82) is 0 Å². The van der Waals surface area contributed by atoms with Gasteiger partial charge >= 0.3 is 17.9 Å². The van der Waals surface area contributed by atoms with Crippen LogP contribution in [-0.2, 0) is 38.1 Å². The molecule has 0 spiro atoms. The molecule has 4 atom stereocenters. The average Bonchev–Trinajstić information content (AvgIpc) is 2.59. The van der Waals surface area contributed by atoms with Gasteiger partial charge in [0.05, 0.1) is 7.11 Å². The lowest BCUT2D eigenvalue weighted by Crippen LogP contribution is -2.44. The van der Waals surface area contributed by atoms with E-state index < -0.39 is 30.3 Å². The van der Waals surface area contributed by atoms with Gasteiger partial charge in [-0.1, -0.05) is 0 Å². The second kappa shape index (κ2) is 11.6. The zero-order valence-corrected chi connectivity index (χ0v) is 15.6. The molecule has 0 aromatic rings. The zero-order valence-electron chi connectivity index (χ0n) is 15.6. The van der Waals surface area contributed by atoms with Crippen molar-refractivity contribution in [3.05, 3.63) is 0 Å². The zero-order chi connectivity index (χ0) is 19.5. The molecular formula is C18H28O8. The minimum Gasteiger partial charge on any atom is -0.469 e. The predicted molar refractivity (Wildman–Crippen MR) is 90.1 cm³/mol. The van der Waals surface area contributed by atoms with E-state index in [1.807, 2.05) is 0 Å². The van der Waals surface area contributed by atoms with E-state index in [4.69, 9.17) is 14.2 Å². The molecule has 0 aromatic carbocycles. The van der Waals surface area contributed by atoms with Gasteiger partial charge in [0.1, 0.15) is 24.6 Å². The summed E-state index contributed by atoms with van der Waals surface area (Å²) in [5, 5.41) is 0. The highest BCUT2D eigenvalue weighted by Crippen LogP contribution is 2.27. The molecule has 0 N–H and O–H groups in total. The molecule has 0 aromatic heterocycles. The summed E-state index contributed by atoms with van der Waals surface area (Å²) in [6.07, 6.45) is 1.68. The van der Waals surface area contributed by atoms with Crippen LogP contribution in [0, 0.1) is 5.92 Å². The van der Waals surface area contributed by atoms with Crippen molar-refractivity contribution in [2.75, 3.05) is 13.7 Å². The summed E-state index contributed by atoms with van der Waals surface area (Å²) < 4.78 is 21.0. The Balaban J connectivity index is 2.80. The molecule has 1 aliphatic heterocycles. The molecule has 1 rings (SSSR count). The molecule has 1 heterocycles. The second-order valence-electron chi connectivity index (χ2n) is 6.36. The van der Waals surface area contributed by atoms with Crippen LogP contribution in [0.25, 0.3) is 0 Å². The van der Waals surface area contributed by atoms with E-state index in [9.17, 15) is 19.2 Å². The van der Waals surface area contributed by atoms with Crippen molar-refractivity contribution >= 4 is 24.2 Å². The molecule has 4 unspecified atom stereocenters. The highest BCUT2D eigenvalue weighted by molar-refractivity contribution is 5.69. The molecule has 1 fully saturated rings. The summed E-state index contributed by atoms with van der Waals surface area (Å²) in [6, 6.07) is 0. The standard InChI is InChI=1S/C18H28O8/c1-12(20)25-15(7-4-8-17(22)23-3)10-16(26-13(2)21)18-14(11-19)6-5-9-24-18/h11,14-16,18H,4-10H2,1-3H3. The summed E-state index contributed by atoms with van der Waals surface area (Å²) in [4.78, 5) is 45.5. The third-order valence-corrected chi connectivity index (χ3v) is 4.24. The lowest BCUT2D eigenvalue weighted by Gasteiger charge is -2.35. The fourth-order valence-electron chi connectivity index (χ4n) is 3.11. The quantitative estimate of drug-likeness (QED) is 0.323. The molecule has 1 aliphatic rings. The second-order valence-corrected chi connectivity index (χ2v) is 6.36. The van der Waals surface area contributed by atoms with Crippen LogP contribution in [0.1, 0.15) is 52.4 Å². The van der Waals surface area contributed by atoms with Gasteiger partial charge in [0.25, 0.3) is 0 Å². The Kier molecular flexibility index (Phi) is 9.87. The van der Waals surface area contributed by atoms with Gasteiger partial charge in [0, 0.05) is 39.2 Å². The summed E-state index contributed by atoms with van der Waals surface area (Å²) in [5.41, 5.74) is 0. The number of carbonyl (C=O) groups is 4. The lowest BCUT2D eigenvalue weighted by molar-refractivity contribution is -0.170. The largest absolute Gasteiger partial charge is 0.469 e. The smallest absolute Gasteiger partial charge is 0.305 e. The Morgan fingerprint density at radius 3 is 2.46 bits per heavy atom. The molecule has 8 heteroatoms. The Bertz CT molecular complexity index is 490. The minimum absolute atomic E-state index is 0.198. The number of ether oxygens (including phenoxy) is 4. The molecule has 0 aliphatic carbocycles. The highest BCUT2D eigenvalue weighted by atomic mass is 16.6. The summed E-state index contributed by atoms with van der Waals surface area (Å²) in [6.45, 7) is 3.05. The van der Waals surface area contributed by atoms with Crippen molar-refractivity contribution < 1.29 is 38.1 Å². The molecule has 0 amide bonds. The van der Waals surface area contributed by atoms with E-state index in [0.29, 0.717) is 25.9 Å². The van der Waals surface area contributed by atoms with Gasteiger partial charge in [-0.2, -0.15) is 0 Å². The predicted octanol–water partition coefficient (Wildman–Crippen LogP) is 1.58. The number of aldehydes is 1. The number of rotatable bonds is 10. The van der Waals surface area contributed by atoms with E-state index in [1.165, 1.54) is 21.0 Å². The maximum absolute atomic E-state index is 11.5. The summed E-state index contributed by atoms with van der Waals surface area (Å²) in [7, 11) is 1.31. The molecule has 0 radical (unpaired) electrons. The third kappa shape index (κ3) is 7.95. The number of esters is 3. The monoisotopic (exact) mass is 372 g/mol. The maximum Gasteiger partial charge on any atom is 0.305 e. The van der Waals surface area contributed by atoms with Crippen molar-refractivity contribution in [3.63, 3.8) is 0 Å². The van der Waals surface area contributed by atoms with Crippen molar-refractivity contribution in [2.45, 2.75) is 70.7 Å². The Morgan fingerprint density at radius 2 is 1.88 bits per heavy atom. The topological polar surface area (TPSA) is 105 Å². The first-order chi connectivity index (χ1) is 12.4.